The van der Waals surface area contributed by atoms with Crippen LogP contribution in [0.25, 0.3) is 0 Å². The second-order valence-corrected chi connectivity index (χ2v) is 5.34. The third kappa shape index (κ3) is 2.79. The molecule has 18 heavy (non-hydrogen) atoms. The zero-order chi connectivity index (χ0) is 13.1. The van der Waals surface area contributed by atoms with Crippen LogP contribution in [0.4, 0.5) is 5.69 Å². The lowest BCUT2D eigenvalue weighted by Crippen LogP contribution is -2.52. The number of hydrogen-bond acceptors (Lipinski definition) is 3. The van der Waals surface area contributed by atoms with Gasteiger partial charge in [0, 0.05) is 42.9 Å². The van der Waals surface area contributed by atoms with Crippen molar-refractivity contribution in [3.8, 4) is 0 Å². The summed E-state index contributed by atoms with van der Waals surface area (Å²) in [4.78, 5) is 4.91. The summed E-state index contributed by atoms with van der Waals surface area (Å²) in [7, 11) is 0. The molecule has 1 unspecified atom stereocenters. The first-order chi connectivity index (χ1) is 8.65. The van der Waals surface area contributed by atoms with E-state index in [2.05, 4.69) is 23.6 Å². The number of hydrogen-bond donors (Lipinski definition) is 1. The molecule has 2 N–H and O–H groups in total. The molecule has 0 spiro atoms. The van der Waals surface area contributed by atoms with E-state index >= 15 is 0 Å². The van der Waals surface area contributed by atoms with Crippen LogP contribution in [0.1, 0.15) is 19.4 Å². The van der Waals surface area contributed by atoms with Gasteiger partial charge in [-0.2, -0.15) is 0 Å². The molecule has 0 saturated carbocycles. The van der Waals surface area contributed by atoms with Gasteiger partial charge in [-0.15, -0.1) is 0 Å². The van der Waals surface area contributed by atoms with E-state index in [4.69, 9.17) is 17.3 Å². The third-order valence-corrected chi connectivity index (χ3v) is 4.01. The highest BCUT2D eigenvalue weighted by atomic mass is 35.5. The van der Waals surface area contributed by atoms with Gasteiger partial charge >= 0.3 is 0 Å². The number of halogens is 1. The van der Waals surface area contributed by atoms with Gasteiger partial charge in [0.1, 0.15) is 0 Å². The van der Waals surface area contributed by atoms with Gasteiger partial charge in [0.2, 0.25) is 0 Å². The summed E-state index contributed by atoms with van der Waals surface area (Å²) in [5, 5.41) is 0.785. The first kappa shape index (κ1) is 13.7. The van der Waals surface area contributed by atoms with Gasteiger partial charge in [-0.3, -0.25) is 4.90 Å². The normalized spacial score (nSPS) is 21.3. The summed E-state index contributed by atoms with van der Waals surface area (Å²) >= 11 is 6.11. The van der Waals surface area contributed by atoms with Crippen molar-refractivity contribution in [3.05, 3.63) is 28.8 Å². The molecule has 0 aromatic heterocycles. The average molecular weight is 268 g/mol. The summed E-state index contributed by atoms with van der Waals surface area (Å²) < 4.78 is 0. The first-order valence-corrected chi connectivity index (χ1v) is 7.01. The molecule has 1 aliphatic heterocycles. The second-order valence-electron chi connectivity index (χ2n) is 4.90. The lowest BCUT2D eigenvalue weighted by molar-refractivity contribution is 0.199. The minimum atomic E-state index is 0.564. The fourth-order valence-electron chi connectivity index (χ4n) is 2.69. The average Bonchev–Trinajstić information content (AvgIpc) is 2.38. The monoisotopic (exact) mass is 267 g/mol. The number of benzene rings is 1. The Balaban J connectivity index is 2.19. The molecule has 0 bridgehead atoms. The molecule has 1 aliphatic rings. The zero-order valence-corrected chi connectivity index (χ0v) is 12.0. The van der Waals surface area contributed by atoms with Crippen molar-refractivity contribution in [2.75, 3.05) is 31.1 Å². The van der Waals surface area contributed by atoms with E-state index < -0.39 is 0 Å². The van der Waals surface area contributed by atoms with Crippen LogP contribution in [0.5, 0.6) is 0 Å². The Morgan fingerprint density at radius 2 is 2.17 bits per heavy atom. The van der Waals surface area contributed by atoms with Crippen LogP contribution in [0.15, 0.2) is 18.2 Å². The topological polar surface area (TPSA) is 32.5 Å². The number of anilines is 1. The zero-order valence-electron chi connectivity index (χ0n) is 11.2. The molecule has 1 atom stereocenters. The standard InChI is InChI=1S/C14H22ClN3/c1-3-17-6-7-18(10-11(17)2)14-8-13(15)5-4-12(14)9-16/h4-5,8,11H,3,6-7,9-10,16H2,1-2H3. The van der Waals surface area contributed by atoms with Crippen molar-refractivity contribution in [2.45, 2.75) is 26.4 Å². The molecule has 1 fully saturated rings. The SMILES string of the molecule is CCN1CCN(c2cc(Cl)ccc2CN)CC1C. The Kier molecular flexibility index (Phi) is 4.49. The van der Waals surface area contributed by atoms with Crippen molar-refractivity contribution in [2.24, 2.45) is 5.73 Å². The van der Waals surface area contributed by atoms with Gasteiger partial charge in [0.05, 0.1) is 0 Å². The Hall–Kier alpha value is -0.770. The van der Waals surface area contributed by atoms with Crippen LogP contribution in [0, 0.1) is 0 Å². The van der Waals surface area contributed by atoms with Crippen LogP contribution in [0.2, 0.25) is 5.02 Å². The molecule has 0 amide bonds. The molecule has 3 nitrogen and oxygen atoms in total. The highest BCUT2D eigenvalue weighted by Crippen LogP contribution is 2.26. The molecule has 4 heteroatoms. The van der Waals surface area contributed by atoms with Crippen LogP contribution in [-0.2, 0) is 6.54 Å². The van der Waals surface area contributed by atoms with E-state index in [1.807, 2.05) is 18.2 Å². The highest BCUT2D eigenvalue weighted by Gasteiger charge is 2.23. The lowest BCUT2D eigenvalue weighted by Gasteiger charge is -2.41. The largest absolute Gasteiger partial charge is 0.368 e. The maximum Gasteiger partial charge on any atom is 0.0427 e. The summed E-state index contributed by atoms with van der Waals surface area (Å²) in [6.07, 6.45) is 0. The van der Waals surface area contributed by atoms with Crippen LogP contribution in [0.3, 0.4) is 0 Å². The fraction of sp³-hybridized carbons (Fsp3) is 0.571. The van der Waals surface area contributed by atoms with Gasteiger partial charge in [0.25, 0.3) is 0 Å². The van der Waals surface area contributed by atoms with Crippen molar-refractivity contribution in [1.29, 1.82) is 0 Å². The summed E-state index contributed by atoms with van der Waals surface area (Å²) in [5.41, 5.74) is 8.19. The van der Waals surface area contributed by atoms with E-state index in [0.717, 1.165) is 31.2 Å². The molecular weight excluding hydrogens is 246 g/mol. The minimum Gasteiger partial charge on any atom is -0.368 e. The second kappa shape index (κ2) is 5.91. The van der Waals surface area contributed by atoms with Gasteiger partial charge in [-0.25, -0.2) is 0 Å². The molecule has 1 saturated heterocycles. The van der Waals surface area contributed by atoms with Gasteiger partial charge in [-0.05, 0) is 31.2 Å². The van der Waals surface area contributed by atoms with E-state index in [9.17, 15) is 0 Å². The molecule has 100 valence electrons. The summed E-state index contributed by atoms with van der Waals surface area (Å²) in [6.45, 7) is 9.38. The smallest absolute Gasteiger partial charge is 0.0427 e. The van der Waals surface area contributed by atoms with Crippen LogP contribution < -0.4 is 10.6 Å². The van der Waals surface area contributed by atoms with Gasteiger partial charge in [0.15, 0.2) is 0 Å². The Morgan fingerprint density at radius 3 is 2.78 bits per heavy atom. The third-order valence-electron chi connectivity index (χ3n) is 3.78. The Labute approximate surface area is 115 Å². The molecule has 1 aromatic carbocycles. The number of rotatable bonds is 3. The molecule has 1 aromatic rings. The fourth-order valence-corrected chi connectivity index (χ4v) is 2.85. The molecule has 1 heterocycles. The molecule has 2 rings (SSSR count). The lowest BCUT2D eigenvalue weighted by atomic mass is 10.1. The predicted molar refractivity (Wildman–Crippen MR) is 78.3 cm³/mol. The molecule has 0 aliphatic carbocycles. The van der Waals surface area contributed by atoms with E-state index in [1.165, 1.54) is 11.3 Å². The minimum absolute atomic E-state index is 0.564. The summed E-state index contributed by atoms with van der Waals surface area (Å²) in [6, 6.07) is 6.57. The maximum atomic E-state index is 6.11. The highest BCUT2D eigenvalue weighted by molar-refractivity contribution is 6.30. The van der Waals surface area contributed by atoms with Gasteiger partial charge in [-0.1, -0.05) is 24.6 Å². The van der Waals surface area contributed by atoms with Crippen molar-refractivity contribution in [3.63, 3.8) is 0 Å². The number of nitrogens with zero attached hydrogens (tertiary/aromatic N) is 2. The predicted octanol–water partition coefficient (Wildman–Crippen LogP) is 2.33. The Bertz CT molecular complexity index is 408. The number of likely N-dealkylation sites (N-methyl/N-ethyl adjacent to an activating group) is 1. The molecule has 0 radical (unpaired) electrons. The van der Waals surface area contributed by atoms with E-state index in [-0.39, 0.29) is 0 Å². The van der Waals surface area contributed by atoms with Crippen molar-refractivity contribution < 1.29 is 0 Å². The first-order valence-electron chi connectivity index (χ1n) is 6.63. The van der Waals surface area contributed by atoms with Crippen molar-refractivity contribution in [1.82, 2.24) is 4.90 Å². The summed E-state index contributed by atoms with van der Waals surface area (Å²) in [5.74, 6) is 0. The molecular formula is C14H22ClN3. The van der Waals surface area contributed by atoms with Crippen LogP contribution in [-0.4, -0.2) is 37.1 Å². The number of nitrogens with two attached hydrogens (primary N) is 1. The Morgan fingerprint density at radius 1 is 1.39 bits per heavy atom. The number of piperazine rings is 1. The van der Waals surface area contributed by atoms with E-state index in [0.29, 0.717) is 12.6 Å². The van der Waals surface area contributed by atoms with E-state index in [1.54, 1.807) is 0 Å². The quantitative estimate of drug-likeness (QED) is 0.912. The van der Waals surface area contributed by atoms with Crippen LogP contribution >= 0.6 is 11.6 Å². The van der Waals surface area contributed by atoms with Gasteiger partial charge < -0.3 is 10.6 Å². The van der Waals surface area contributed by atoms with Crippen molar-refractivity contribution >= 4 is 17.3 Å². The maximum absolute atomic E-state index is 6.11.